The molecule has 0 atom stereocenters. The molecule has 0 unspecified atom stereocenters. The fourth-order valence-corrected chi connectivity index (χ4v) is 3.44. The summed E-state index contributed by atoms with van der Waals surface area (Å²) in [6, 6.07) is 9.19. The number of nitrogens with one attached hydrogen (secondary N) is 1. The van der Waals surface area contributed by atoms with Crippen LogP contribution in [0.15, 0.2) is 36.4 Å². The first kappa shape index (κ1) is 16.2. The summed E-state index contributed by atoms with van der Waals surface area (Å²) in [5, 5.41) is 4.12. The number of hydrogen-bond donors (Lipinski definition) is 2. The van der Waals surface area contributed by atoms with Crippen molar-refractivity contribution in [2.24, 2.45) is 0 Å². The Morgan fingerprint density at radius 3 is 2.71 bits per heavy atom. The normalized spacial score (nSPS) is 10.8. The molecule has 0 fully saturated rings. The second-order valence-corrected chi connectivity index (χ2v) is 6.05. The monoisotopic (exact) mass is 348 g/mol. The van der Waals surface area contributed by atoms with Crippen LogP contribution < -0.4 is 11.1 Å². The number of nitrogens with two attached hydrogens (primary N) is 1. The van der Waals surface area contributed by atoms with Crippen molar-refractivity contribution in [2.45, 2.75) is 6.92 Å². The van der Waals surface area contributed by atoms with Crippen molar-refractivity contribution < 1.29 is 18.3 Å². The van der Waals surface area contributed by atoms with Gasteiger partial charge in [-0.05, 0) is 13.0 Å². The minimum atomic E-state index is -1.03. The Bertz CT molecular complexity index is 924. The van der Waals surface area contributed by atoms with Gasteiger partial charge < -0.3 is 15.8 Å². The van der Waals surface area contributed by atoms with Crippen LogP contribution in [0.2, 0.25) is 0 Å². The molecule has 0 bridgehead atoms. The predicted octanol–water partition coefficient (Wildman–Crippen LogP) is 4.68. The Balaban J connectivity index is 2.11. The molecule has 0 amide bonds. The van der Waals surface area contributed by atoms with Gasteiger partial charge in [0.15, 0.2) is 11.6 Å². The first-order valence-electron chi connectivity index (χ1n) is 7.21. The Hall–Kier alpha value is -2.67. The zero-order valence-corrected chi connectivity index (χ0v) is 13.5. The number of anilines is 3. The molecule has 0 radical (unpaired) electrons. The first-order chi connectivity index (χ1) is 11.5. The van der Waals surface area contributed by atoms with Crippen LogP contribution in [-0.2, 0) is 4.74 Å². The number of fused-ring (bicyclic) bond motifs is 1. The summed E-state index contributed by atoms with van der Waals surface area (Å²) < 4.78 is 32.7. The number of esters is 1. The summed E-state index contributed by atoms with van der Waals surface area (Å²) >= 11 is 1.31. The molecule has 0 spiro atoms. The molecule has 24 heavy (non-hydrogen) atoms. The summed E-state index contributed by atoms with van der Waals surface area (Å²) in [5.41, 5.74) is 6.31. The fourth-order valence-electron chi connectivity index (χ4n) is 2.33. The molecular weight excluding hydrogens is 334 g/mol. The van der Waals surface area contributed by atoms with Gasteiger partial charge in [-0.25, -0.2) is 13.6 Å². The van der Waals surface area contributed by atoms with Crippen molar-refractivity contribution in [1.82, 2.24) is 0 Å². The molecular formula is C17H14F2N2O2S. The van der Waals surface area contributed by atoms with E-state index in [1.807, 2.05) is 18.2 Å². The van der Waals surface area contributed by atoms with E-state index < -0.39 is 17.6 Å². The maximum absolute atomic E-state index is 13.5. The molecule has 124 valence electrons. The van der Waals surface area contributed by atoms with Crippen molar-refractivity contribution >= 4 is 43.8 Å². The van der Waals surface area contributed by atoms with Gasteiger partial charge in [-0.3, -0.25) is 0 Å². The maximum Gasteiger partial charge on any atom is 0.341 e. The van der Waals surface area contributed by atoms with Crippen LogP contribution in [0.5, 0.6) is 0 Å². The fraction of sp³-hybridized carbons (Fsp3) is 0.118. The number of rotatable bonds is 4. The lowest BCUT2D eigenvalue weighted by molar-refractivity contribution is 0.0530. The Labute approximate surface area is 140 Å². The van der Waals surface area contributed by atoms with Gasteiger partial charge in [-0.2, -0.15) is 0 Å². The average molecular weight is 348 g/mol. The van der Waals surface area contributed by atoms with Gasteiger partial charge in [-0.15, -0.1) is 11.3 Å². The van der Waals surface area contributed by atoms with E-state index in [1.54, 1.807) is 13.0 Å². The molecule has 2 aromatic carbocycles. The predicted molar refractivity (Wildman–Crippen MR) is 91.8 cm³/mol. The Kier molecular flexibility index (Phi) is 4.35. The third-order valence-corrected chi connectivity index (χ3v) is 4.50. The van der Waals surface area contributed by atoms with Crippen LogP contribution in [0.25, 0.3) is 10.1 Å². The number of benzene rings is 2. The van der Waals surface area contributed by atoms with Gasteiger partial charge in [0, 0.05) is 22.2 Å². The van der Waals surface area contributed by atoms with E-state index in [1.165, 1.54) is 11.3 Å². The van der Waals surface area contributed by atoms with E-state index in [-0.39, 0.29) is 18.0 Å². The zero-order valence-electron chi connectivity index (χ0n) is 12.7. The van der Waals surface area contributed by atoms with E-state index in [0.717, 1.165) is 22.2 Å². The van der Waals surface area contributed by atoms with Crippen LogP contribution in [0, 0.1) is 11.6 Å². The van der Waals surface area contributed by atoms with E-state index >= 15 is 0 Å². The minimum absolute atomic E-state index is 0.0427. The largest absolute Gasteiger partial charge is 0.462 e. The summed E-state index contributed by atoms with van der Waals surface area (Å²) in [5.74, 6) is -2.54. The van der Waals surface area contributed by atoms with Gasteiger partial charge >= 0.3 is 5.97 Å². The molecule has 3 rings (SSSR count). The number of ether oxygens (including phenoxy) is 1. The second kappa shape index (κ2) is 6.45. The van der Waals surface area contributed by atoms with Crippen molar-refractivity contribution in [2.75, 3.05) is 17.7 Å². The lowest BCUT2D eigenvalue weighted by atomic mass is 10.1. The molecule has 4 nitrogen and oxygen atoms in total. The van der Waals surface area contributed by atoms with Crippen molar-refractivity contribution in [3.8, 4) is 0 Å². The minimum Gasteiger partial charge on any atom is -0.462 e. The van der Waals surface area contributed by atoms with Gasteiger partial charge in [0.1, 0.15) is 10.6 Å². The summed E-state index contributed by atoms with van der Waals surface area (Å²) in [7, 11) is 0. The van der Waals surface area contributed by atoms with E-state index in [0.29, 0.717) is 10.6 Å². The molecule has 3 aromatic rings. The van der Waals surface area contributed by atoms with E-state index in [4.69, 9.17) is 10.5 Å². The molecule has 7 heteroatoms. The topological polar surface area (TPSA) is 64.3 Å². The number of carbonyl (C=O) groups excluding carboxylic acids is 1. The van der Waals surface area contributed by atoms with Crippen molar-refractivity contribution in [3.63, 3.8) is 0 Å². The lowest BCUT2D eigenvalue weighted by Crippen LogP contribution is -2.07. The Morgan fingerprint density at radius 2 is 1.96 bits per heavy atom. The molecule has 0 aliphatic heterocycles. The van der Waals surface area contributed by atoms with Crippen LogP contribution in [0.1, 0.15) is 17.3 Å². The number of nitrogen functional groups attached to an aromatic ring is 1. The summed E-state index contributed by atoms with van der Waals surface area (Å²) in [4.78, 5) is 12.3. The maximum atomic E-state index is 13.5. The molecule has 0 aliphatic rings. The standard InChI is InChI=1S/C17H14F2N2O2S/c1-2-23-17(22)15-9-5-3-4-6-14(9)24-16(15)21-13-8-11(19)10(18)7-12(13)20/h3-8,21H,2,20H2,1H3. The molecule has 1 heterocycles. The highest BCUT2D eigenvalue weighted by molar-refractivity contribution is 7.23. The average Bonchev–Trinajstić information content (AvgIpc) is 2.90. The zero-order chi connectivity index (χ0) is 17.3. The van der Waals surface area contributed by atoms with Gasteiger partial charge in [-0.1, -0.05) is 18.2 Å². The van der Waals surface area contributed by atoms with Crippen LogP contribution >= 0.6 is 11.3 Å². The Morgan fingerprint density at radius 1 is 1.25 bits per heavy atom. The highest BCUT2D eigenvalue weighted by atomic mass is 32.1. The van der Waals surface area contributed by atoms with Crippen molar-refractivity contribution in [1.29, 1.82) is 0 Å². The van der Waals surface area contributed by atoms with Gasteiger partial charge in [0.25, 0.3) is 0 Å². The number of hydrogen-bond acceptors (Lipinski definition) is 5. The van der Waals surface area contributed by atoms with Crippen LogP contribution in [-0.4, -0.2) is 12.6 Å². The summed E-state index contributed by atoms with van der Waals surface area (Å²) in [6.07, 6.45) is 0. The smallest absolute Gasteiger partial charge is 0.341 e. The third kappa shape index (κ3) is 2.90. The molecule has 1 aromatic heterocycles. The van der Waals surface area contributed by atoms with Gasteiger partial charge in [0.05, 0.1) is 18.0 Å². The highest BCUT2D eigenvalue weighted by Gasteiger charge is 2.21. The van der Waals surface area contributed by atoms with Crippen LogP contribution in [0.3, 0.4) is 0 Å². The second-order valence-electron chi connectivity index (χ2n) is 5.00. The SMILES string of the molecule is CCOC(=O)c1c(Nc2cc(F)c(F)cc2N)sc2ccccc12. The molecule has 3 N–H and O–H groups in total. The van der Waals surface area contributed by atoms with E-state index in [2.05, 4.69) is 5.32 Å². The highest BCUT2D eigenvalue weighted by Crippen LogP contribution is 2.39. The molecule has 0 saturated heterocycles. The quantitative estimate of drug-likeness (QED) is 0.531. The number of thiophene rings is 1. The third-order valence-electron chi connectivity index (χ3n) is 3.42. The molecule has 0 saturated carbocycles. The summed E-state index contributed by atoms with van der Waals surface area (Å²) in [6.45, 7) is 1.95. The lowest BCUT2D eigenvalue weighted by Gasteiger charge is -2.10. The van der Waals surface area contributed by atoms with Crippen LogP contribution in [0.4, 0.5) is 25.2 Å². The van der Waals surface area contributed by atoms with Gasteiger partial charge in [0.2, 0.25) is 0 Å². The number of carbonyl (C=O) groups is 1. The van der Waals surface area contributed by atoms with E-state index in [9.17, 15) is 13.6 Å². The number of halogens is 2. The molecule has 0 aliphatic carbocycles. The first-order valence-corrected chi connectivity index (χ1v) is 8.03. The van der Waals surface area contributed by atoms with Crippen molar-refractivity contribution in [3.05, 3.63) is 53.6 Å².